The first-order valence-electron chi connectivity index (χ1n) is 25.5. The van der Waals surface area contributed by atoms with Crippen molar-refractivity contribution in [2.75, 3.05) is 20.8 Å². The van der Waals surface area contributed by atoms with Gasteiger partial charge in [0.25, 0.3) is 0 Å². The van der Waals surface area contributed by atoms with Crippen LogP contribution >= 0.6 is 0 Å². The van der Waals surface area contributed by atoms with E-state index in [1.165, 1.54) is 0 Å². The minimum absolute atomic E-state index is 0.0348. The Hall–Kier alpha value is -2.80. The smallest absolute Gasteiger partial charge is 0.316 e. The maximum Gasteiger partial charge on any atom is 0.316 e. The average Bonchev–Trinajstić information content (AvgIpc) is 3.97. The normalized spacial score (nSPS) is 46.9. The average molecular weight is 954 g/mol. The third-order valence-electron chi connectivity index (χ3n) is 16.0. The highest BCUT2D eigenvalue weighted by atomic mass is 16.7. The lowest BCUT2D eigenvalue weighted by Crippen LogP contribution is -2.58. The number of allylic oxidation sites excluding steroid dienone is 2. The maximum atomic E-state index is 14.4. The van der Waals surface area contributed by atoms with Crippen LogP contribution in [-0.2, 0) is 57.0 Å². The van der Waals surface area contributed by atoms with Crippen LogP contribution in [0.4, 0.5) is 0 Å². The van der Waals surface area contributed by atoms with Crippen molar-refractivity contribution < 1.29 is 67.2 Å². The minimum atomic E-state index is -1.84. The monoisotopic (exact) mass is 954 g/mol. The number of rotatable bonds is 10. The van der Waals surface area contributed by atoms with Gasteiger partial charge in [-0.15, -0.1) is 0 Å². The van der Waals surface area contributed by atoms with E-state index in [9.17, 15) is 15.0 Å². The predicted octanol–water partition coefficient (Wildman–Crippen LogP) is 7.33. The van der Waals surface area contributed by atoms with Gasteiger partial charge < -0.3 is 62.4 Å². The first-order valence-corrected chi connectivity index (χ1v) is 25.5. The molecule has 2 bridgehead atoms. The van der Waals surface area contributed by atoms with Crippen molar-refractivity contribution in [2.24, 2.45) is 28.8 Å². The molecule has 4 saturated heterocycles. The van der Waals surface area contributed by atoms with Crippen molar-refractivity contribution in [1.82, 2.24) is 0 Å². The molecule has 380 valence electrons. The van der Waals surface area contributed by atoms with E-state index < -0.39 is 72.5 Å². The number of aliphatic hydroxyl groups excluding tert-OH is 1. The Balaban J connectivity index is 1.04. The molecule has 0 aromatic heterocycles. The first kappa shape index (κ1) is 51.6. The van der Waals surface area contributed by atoms with Crippen molar-refractivity contribution in [3.8, 4) is 0 Å². The molecule has 1 spiro atoms. The fourth-order valence-electron chi connectivity index (χ4n) is 11.7. The molecule has 20 atom stereocenters. The van der Waals surface area contributed by atoms with Crippen molar-refractivity contribution in [2.45, 2.75) is 217 Å². The molecule has 68 heavy (non-hydrogen) atoms. The van der Waals surface area contributed by atoms with E-state index in [0.717, 1.165) is 43.4 Å². The van der Waals surface area contributed by atoms with E-state index in [2.05, 4.69) is 51.9 Å². The van der Waals surface area contributed by atoms with Gasteiger partial charge in [0.2, 0.25) is 0 Å². The predicted molar refractivity (Wildman–Crippen MR) is 252 cm³/mol. The zero-order valence-corrected chi connectivity index (χ0v) is 42.0. The molecule has 6 heterocycles. The van der Waals surface area contributed by atoms with Gasteiger partial charge in [0.05, 0.1) is 48.9 Å². The minimum Gasteiger partial charge on any atom is -0.462 e. The molecular weight excluding hydrogens is 875 g/mol. The topological polar surface area (TPSA) is 171 Å². The van der Waals surface area contributed by atoms with Gasteiger partial charge in [0.1, 0.15) is 42.0 Å². The van der Waals surface area contributed by atoms with Crippen molar-refractivity contribution in [3.05, 3.63) is 59.3 Å². The van der Waals surface area contributed by atoms with Crippen LogP contribution in [0.3, 0.4) is 0 Å². The van der Waals surface area contributed by atoms with Crippen LogP contribution in [0.5, 0.6) is 0 Å². The van der Waals surface area contributed by atoms with E-state index in [1.54, 1.807) is 33.3 Å². The zero-order chi connectivity index (χ0) is 48.5. The van der Waals surface area contributed by atoms with Crippen molar-refractivity contribution in [3.63, 3.8) is 0 Å². The first-order chi connectivity index (χ1) is 32.6. The number of esters is 1. The van der Waals surface area contributed by atoms with Gasteiger partial charge in [-0.2, -0.15) is 0 Å². The van der Waals surface area contributed by atoms with Gasteiger partial charge >= 0.3 is 5.97 Å². The Kier molecular flexibility index (Phi) is 16.6. The molecule has 0 amide bonds. The van der Waals surface area contributed by atoms with Crippen LogP contribution in [-0.4, -0.2) is 140 Å². The lowest BCUT2D eigenvalue weighted by atomic mass is 9.71. The van der Waals surface area contributed by atoms with Crippen LogP contribution < -0.4 is 0 Å². The fraction of sp³-hybridized carbons (Fsp3) is 0.774. The molecule has 15 heteroatoms. The van der Waals surface area contributed by atoms with Crippen LogP contribution in [0.15, 0.2) is 64.4 Å². The van der Waals surface area contributed by atoms with Gasteiger partial charge in [-0.25, -0.2) is 0 Å². The molecule has 8 aliphatic rings. The second-order valence-electron chi connectivity index (χ2n) is 20.9. The second-order valence-corrected chi connectivity index (χ2v) is 20.9. The van der Waals surface area contributed by atoms with E-state index in [-0.39, 0.29) is 61.0 Å². The quantitative estimate of drug-likeness (QED) is 0.127. The summed E-state index contributed by atoms with van der Waals surface area (Å²) in [6.45, 7) is 16.3. The van der Waals surface area contributed by atoms with Gasteiger partial charge in [0.15, 0.2) is 24.5 Å². The van der Waals surface area contributed by atoms with Gasteiger partial charge in [-0.3, -0.25) is 4.79 Å². The second kappa shape index (κ2) is 21.9. The molecule has 1 unspecified atom stereocenters. The molecule has 0 radical (unpaired) electrons. The Labute approximate surface area is 403 Å². The molecule has 0 aromatic carbocycles. The van der Waals surface area contributed by atoms with Gasteiger partial charge in [-0.1, -0.05) is 75.7 Å². The summed E-state index contributed by atoms with van der Waals surface area (Å²) >= 11 is 0. The number of hydrogen-bond acceptors (Lipinski definition) is 15. The van der Waals surface area contributed by atoms with Crippen LogP contribution in [0, 0.1) is 23.7 Å². The summed E-state index contributed by atoms with van der Waals surface area (Å²) < 4.78 is 65.0. The highest BCUT2D eigenvalue weighted by Gasteiger charge is 2.60. The lowest BCUT2D eigenvalue weighted by molar-refractivity contribution is -0.321. The zero-order valence-electron chi connectivity index (χ0n) is 42.0. The number of carbonyl (C=O) groups excluding carboxylic acids is 1. The van der Waals surface area contributed by atoms with Crippen molar-refractivity contribution in [1.29, 1.82) is 0 Å². The third kappa shape index (κ3) is 10.8. The molecule has 1 saturated carbocycles. The number of methoxy groups -OCH3 is 2. The van der Waals surface area contributed by atoms with E-state index in [1.807, 2.05) is 32.1 Å². The van der Waals surface area contributed by atoms with Crippen molar-refractivity contribution >= 4 is 11.7 Å². The molecule has 2 aliphatic carbocycles. The van der Waals surface area contributed by atoms with Gasteiger partial charge in [-0.05, 0) is 88.5 Å². The molecule has 15 nitrogen and oxygen atoms in total. The largest absolute Gasteiger partial charge is 0.462 e. The fourth-order valence-corrected chi connectivity index (χ4v) is 11.7. The van der Waals surface area contributed by atoms with Crippen LogP contribution in [0.2, 0.25) is 0 Å². The molecule has 2 N–H and O–H groups in total. The SMILES string of the molecule is CCC(C)[C@H]1O[C@]2(C=C[C@@H]1C)C[C@@H]1C[C@@H](C/C=C(\C)[C@@H](O[C@H]3C[C@H](OC)[C@@H](O[C@H]4C[C@H](OC)[C@@H](ON=C5CCCC5)[C@H](C)O4)[C@H](C)O3)[C@@H](C)/C=C/C=C3\CO[C@@H]4[C@H](O)C(C)=C[C@@H](C(=O)O1)[C@]34O)O2. The molecular formula is C53H79NO14. The van der Waals surface area contributed by atoms with E-state index in [0.29, 0.717) is 43.3 Å². The van der Waals surface area contributed by atoms with Gasteiger partial charge in [0, 0.05) is 51.7 Å². The number of nitrogens with zero attached hydrogens (tertiary/aromatic N) is 1. The Morgan fingerprint density at radius 1 is 0.882 bits per heavy atom. The van der Waals surface area contributed by atoms with E-state index in [4.69, 9.17) is 52.2 Å². The maximum absolute atomic E-state index is 14.4. The third-order valence-corrected chi connectivity index (χ3v) is 16.0. The molecule has 8 rings (SSSR count). The van der Waals surface area contributed by atoms with Crippen LogP contribution in [0.1, 0.15) is 120 Å². The number of ether oxygens (including phenoxy) is 10. The highest BCUT2D eigenvalue weighted by Crippen LogP contribution is 2.47. The highest BCUT2D eigenvalue weighted by molar-refractivity contribution is 5.85. The number of fused-ring (bicyclic) bond motifs is 2. The Bertz CT molecular complexity index is 1940. The molecule has 0 aromatic rings. The lowest BCUT2D eigenvalue weighted by Gasteiger charge is -2.48. The summed E-state index contributed by atoms with van der Waals surface area (Å²) in [5, 5.41) is 28.3. The Morgan fingerprint density at radius 3 is 2.28 bits per heavy atom. The standard InChI is InChI=1S/C53H79NO14/c1-11-29(2)47-32(5)21-22-52(67-47)27-39-24-38(66-52)20-19-31(4)46(30(3)15-14-16-36-28-60-50-45(55)33(6)23-40(51(56)63-39)53(36,50)57)64-43-25-41(58-9)48(34(7)61-43)65-44-26-42(59-10)49(35(8)62-44)68-54-37-17-12-13-18-37/h14-16,19,21-23,29-30,32,34-35,38-50,55,57H,11-13,17-18,20,24-28H2,1-10H3/b15-14+,31-19+,36-16+/t29?,30-,32-,34-,35-,38+,39-,40-,41-,42-,43-,44-,45+,46-,47+,48-,49-,50+,52+,53+/m0/s1. The summed E-state index contributed by atoms with van der Waals surface area (Å²) in [6.07, 6.45) is 13.7. The Morgan fingerprint density at radius 2 is 1.57 bits per heavy atom. The van der Waals surface area contributed by atoms with Crippen LogP contribution in [0.25, 0.3) is 0 Å². The summed E-state index contributed by atoms with van der Waals surface area (Å²) in [6, 6.07) is 0. The number of aliphatic hydroxyl groups is 2. The number of oxime groups is 1. The molecule has 6 aliphatic heterocycles. The van der Waals surface area contributed by atoms with E-state index >= 15 is 0 Å². The number of hydrogen-bond donors (Lipinski definition) is 2. The summed E-state index contributed by atoms with van der Waals surface area (Å²) in [7, 11) is 3.36. The number of carbonyl (C=O) groups is 1. The molecule has 5 fully saturated rings. The summed E-state index contributed by atoms with van der Waals surface area (Å²) in [5.41, 5.74) is 1.24. The summed E-state index contributed by atoms with van der Waals surface area (Å²) in [5.74, 6) is -2.56. The summed E-state index contributed by atoms with van der Waals surface area (Å²) in [4.78, 5) is 20.4.